The Bertz CT molecular complexity index is 991. The first-order chi connectivity index (χ1) is 14.2. The molecular formula is C24H25FN2O2S. The van der Waals surface area contributed by atoms with E-state index in [-0.39, 0.29) is 29.6 Å². The predicted molar refractivity (Wildman–Crippen MR) is 118 cm³/mol. The molecule has 2 amide bonds. The summed E-state index contributed by atoms with van der Waals surface area (Å²) < 4.78 is 13.3. The minimum atomic E-state index is -0.402. The van der Waals surface area contributed by atoms with Gasteiger partial charge in [-0.3, -0.25) is 9.59 Å². The van der Waals surface area contributed by atoms with Gasteiger partial charge >= 0.3 is 0 Å². The fourth-order valence-corrected chi connectivity index (χ4v) is 3.83. The molecule has 1 heterocycles. The van der Waals surface area contributed by atoms with E-state index in [1.165, 1.54) is 23.5 Å². The SMILES string of the molecule is CC(C)(C)c1ccc(C(=O)NCC(=O)NC(c2ccc(F)cc2)c2cccs2)cc1. The summed E-state index contributed by atoms with van der Waals surface area (Å²) in [6, 6.07) is 16.8. The third-order valence-electron chi connectivity index (χ3n) is 4.76. The molecule has 6 heteroatoms. The maximum absolute atomic E-state index is 13.3. The zero-order valence-corrected chi connectivity index (χ0v) is 18.1. The zero-order valence-electron chi connectivity index (χ0n) is 17.2. The van der Waals surface area contributed by atoms with Crippen molar-refractivity contribution in [2.45, 2.75) is 32.2 Å². The Hall–Kier alpha value is -2.99. The van der Waals surface area contributed by atoms with Crippen LogP contribution in [0.1, 0.15) is 53.2 Å². The van der Waals surface area contributed by atoms with Crippen molar-refractivity contribution < 1.29 is 14.0 Å². The van der Waals surface area contributed by atoms with Crippen LogP contribution in [-0.4, -0.2) is 18.4 Å². The van der Waals surface area contributed by atoms with Gasteiger partial charge in [-0.15, -0.1) is 11.3 Å². The van der Waals surface area contributed by atoms with Crippen molar-refractivity contribution in [3.8, 4) is 0 Å². The first-order valence-corrected chi connectivity index (χ1v) is 10.6. The van der Waals surface area contributed by atoms with Crippen molar-refractivity contribution in [1.29, 1.82) is 0 Å². The average Bonchev–Trinajstić information content (AvgIpc) is 3.25. The fraction of sp³-hybridized carbons (Fsp3) is 0.250. The lowest BCUT2D eigenvalue weighted by Crippen LogP contribution is -2.38. The third kappa shape index (κ3) is 5.54. The van der Waals surface area contributed by atoms with Gasteiger partial charge in [-0.25, -0.2) is 4.39 Å². The van der Waals surface area contributed by atoms with Crippen LogP contribution in [0.25, 0.3) is 0 Å². The zero-order chi connectivity index (χ0) is 21.7. The van der Waals surface area contributed by atoms with Crippen molar-refractivity contribution in [2.75, 3.05) is 6.54 Å². The Morgan fingerprint density at radius 3 is 2.23 bits per heavy atom. The van der Waals surface area contributed by atoms with E-state index in [0.717, 1.165) is 16.0 Å². The van der Waals surface area contributed by atoms with Crippen molar-refractivity contribution in [3.05, 3.63) is 93.4 Å². The van der Waals surface area contributed by atoms with E-state index >= 15 is 0 Å². The Morgan fingerprint density at radius 2 is 1.67 bits per heavy atom. The van der Waals surface area contributed by atoms with Gasteiger partial charge in [0.2, 0.25) is 5.91 Å². The van der Waals surface area contributed by atoms with Crippen LogP contribution in [0.4, 0.5) is 4.39 Å². The summed E-state index contributed by atoms with van der Waals surface area (Å²) in [6.07, 6.45) is 0. The minimum absolute atomic E-state index is 0.00600. The molecule has 0 saturated carbocycles. The lowest BCUT2D eigenvalue weighted by Gasteiger charge is -2.19. The standard InChI is InChI=1S/C24H25FN2O2S/c1-24(2,3)18-10-6-17(7-11-18)23(29)26-15-21(28)27-22(20-5-4-14-30-20)16-8-12-19(25)13-9-16/h4-14,22H,15H2,1-3H3,(H,26,29)(H,27,28). The molecule has 0 aliphatic heterocycles. The Kier molecular flexibility index (Phi) is 6.67. The molecule has 0 spiro atoms. The van der Waals surface area contributed by atoms with Gasteiger partial charge in [0, 0.05) is 10.4 Å². The van der Waals surface area contributed by atoms with Crippen LogP contribution in [-0.2, 0) is 10.2 Å². The number of thiophene rings is 1. The molecular weight excluding hydrogens is 399 g/mol. The van der Waals surface area contributed by atoms with Crippen molar-refractivity contribution in [1.82, 2.24) is 10.6 Å². The van der Waals surface area contributed by atoms with Crippen LogP contribution in [0.15, 0.2) is 66.0 Å². The third-order valence-corrected chi connectivity index (χ3v) is 5.70. The molecule has 0 aliphatic carbocycles. The molecule has 1 aromatic heterocycles. The minimum Gasteiger partial charge on any atom is -0.343 e. The summed E-state index contributed by atoms with van der Waals surface area (Å²) in [4.78, 5) is 25.8. The molecule has 3 rings (SSSR count). The van der Waals surface area contributed by atoms with Crippen molar-refractivity contribution in [3.63, 3.8) is 0 Å². The van der Waals surface area contributed by atoms with E-state index in [4.69, 9.17) is 0 Å². The quantitative estimate of drug-likeness (QED) is 0.596. The normalized spacial score (nSPS) is 12.3. The Balaban J connectivity index is 1.63. The van der Waals surface area contributed by atoms with Crippen LogP contribution < -0.4 is 10.6 Å². The molecule has 30 heavy (non-hydrogen) atoms. The molecule has 0 bridgehead atoms. The van der Waals surface area contributed by atoms with Crippen LogP contribution in [0.3, 0.4) is 0 Å². The van der Waals surface area contributed by atoms with E-state index in [1.807, 2.05) is 29.6 Å². The van der Waals surface area contributed by atoms with Crippen molar-refractivity contribution >= 4 is 23.2 Å². The Labute approximate surface area is 180 Å². The number of carbonyl (C=O) groups excluding carboxylic acids is 2. The molecule has 3 aromatic rings. The first-order valence-electron chi connectivity index (χ1n) is 9.71. The van der Waals surface area contributed by atoms with E-state index in [2.05, 4.69) is 31.4 Å². The molecule has 0 aliphatic rings. The van der Waals surface area contributed by atoms with E-state index in [9.17, 15) is 14.0 Å². The van der Waals surface area contributed by atoms with Gasteiger partial charge in [0.25, 0.3) is 5.91 Å². The number of rotatable bonds is 6. The summed E-state index contributed by atoms with van der Waals surface area (Å²) in [5, 5.41) is 7.50. The fourth-order valence-electron chi connectivity index (χ4n) is 3.03. The van der Waals surface area contributed by atoms with Gasteiger partial charge in [0.1, 0.15) is 5.82 Å². The average molecular weight is 425 g/mol. The number of hydrogen-bond donors (Lipinski definition) is 2. The largest absolute Gasteiger partial charge is 0.343 e. The summed E-state index contributed by atoms with van der Waals surface area (Å²) in [5.74, 6) is -0.961. The highest BCUT2D eigenvalue weighted by molar-refractivity contribution is 7.10. The summed E-state index contributed by atoms with van der Waals surface area (Å²) >= 11 is 1.50. The molecule has 2 N–H and O–H groups in total. The van der Waals surface area contributed by atoms with Gasteiger partial charge in [-0.1, -0.05) is 51.1 Å². The van der Waals surface area contributed by atoms with E-state index in [0.29, 0.717) is 5.56 Å². The number of hydrogen-bond acceptors (Lipinski definition) is 3. The molecule has 0 radical (unpaired) electrons. The monoisotopic (exact) mass is 424 g/mol. The number of amides is 2. The molecule has 4 nitrogen and oxygen atoms in total. The summed E-state index contributed by atoms with van der Waals surface area (Å²) in [6.45, 7) is 6.18. The lowest BCUT2D eigenvalue weighted by atomic mass is 9.87. The highest BCUT2D eigenvalue weighted by Gasteiger charge is 2.19. The number of halogens is 1. The number of carbonyl (C=O) groups is 2. The molecule has 156 valence electrons. The van der Waals surface area contributed by atoms with Gasteiger partial charge in [0.15, 0.2) is 0 Å². The van der Waals surface area contributed by atoms with Crippen LogP contribution in [0.2, 0.25) is 0 Å². The molecule has 2 aromatic carbocycles. The van der Waals surface area contributed by atoms with E-state index in [1.54, 1.807) is 24.3 Å². The highest BCUT2D eigenvalue weighted by Crippen LogP contribution is 2.26. The first kappa shape index (κ1) is 21.7. The van der Waals surface area contributed by atoms with Crippen LogP contribution >= 0.6 is 11.3 Å². The maximum Gasteiger partial charge on any atom is 0.251 e. The topological polar surface area (TPSA) is 58.2 Å². The second-order valence-corrected chi connectivity index (χ2v) is 9.06. The van der Waals surface area contributed by atoms with Gasteiger partial charge in [-0.05, 0) is 52.3 Å². The smallest absolute Gasteiger partial charge is 0.251 e. The number of benzene rings is 2. The van der Waals surface area contributed by atoms with Gasteiger partial charge in [-0.2, -0.15) is 0 Å². The highest BCUT2D eigenvalue weighted by atomic mass is 32.1. The second-order valence-electron chi connectivity index (χ2n) is 8.08. The second kappa shape index (κ2) is 9.22. The van der Waals surface area contributed by atoms with Crippen LogP contribution in [0, 0.1) is 5.82 Å². The predicted octanol–water partition coefficient (Wildman–Crippen LogP) is 4.82. The van der Waals surface area contributed by atoms with Gasteiger partial charge in [0.05, 0.1) is 12.6 Å². The number of nitrogens with one attached hydrogen (secondary N) is 2. The molecule has 0 fully saturated rings. The van der Waals surface area contributed by atoms with Gasteiger partial charge < -0.3 is 10.6 Å². The molecule has 0 saturated heterocycles. The maximum atomic E-state index is 13.3. The van der Waals surface area contributed by atoms with E-state index < -0.39 is 6.04 Å². The molecule has 1 atom stereocenters. The lowest BCUT2D eigenvalue weighted by molar-refractivity contribution is -0.120. The summed E-state index contributed by atoms with van der Waals surface area (Å²) in [7, 11) is 0. The summed E-state index contributed by atoms with van der Waals surface area (Å²) in [5.41, 5.74) is 2.42. The van der Waals surface area contributed by atoms with Crippen molar-refractivity contribution in [2.24, 2.45) is 0 Å². The Morgan fingerprint density at radius 1 is 1.00 bits per heavy atom. The van der Waals surface area contributed by atoms with Crippen LogP contribution in [0.5, 0.6) is 0 Å². The molecule has 1 unspecified atom stereocenters.